The van der Waals surface area contributed by atoms with Crippen molar-refractivity contribution in [1.29, 1.82) is 0 Å². The minimum atomic E-state index is -0.0948. The van der Waals surface area contributed by atoms with Crippen molar-refractivity contribution < 1.29 is 4.39 Å². The van der Waals surface area contributed by atoms with Gasteiger partial charge in [-0.25, -0.2) is 4.39 Å². The van der Waals surface area contributed by atoms with Gasteiger partial charge in [-0.1, -0.05) is 24.6 Å². The summed E-state index contributed by atoms with van der Waals surface area (Å²) in [5.74, 6) is 1.51. The van der Waals surface area contributed by atoms with Gasteiger partial charge in [-0.2, -0.15) is 0 Å². The molecule has 0 amide bonds. The predicted octanol–water partition coefficient (Wildman–Crippen LogP) is 3.39. The van der Waals surface area contributed by atoms with Crippen molar-refractivity contribution in [2.45, 2.75) is 44.1 Å². The lowest BCUT2D eigenvalue weighted by Crippen LogP contribution is -2.47. The monoisotopic (exact) mass is 403 g/mol. The molecule has 3 rings (SSSR count). The molecule has 0 radical (unpaired) electrons. The highest BCUT2D eigenvalue weighted by molar-refractivity contribution is 14.0. The van der Waals surface area contributed by atoms with Crippen molar-refractivity contribution in [3.8, 4) is 0 Å². The number of halogens is 2. The van der Waals surface area contributed by atoms with Gasteiger partial charge in [0.2, 0.25) is 0 Å². The Morgan fingerprint density at radius 3 is 2.62 bits per heavy atom. The third-order valence-corrected chi connectivity index (χ3v) is 4.58. The number of nitrogens with zero attached hydrogens (tertiary/aromatic N) is 1. The average molecular weight is 403 g/mol. The summed E-state index contributed by atoms with van der Waals surface area (Å²) in [6, 6.07) is 7.38. The first-order chi connectivity index (χ1) is 9.72. The van der Waals surface area contributed by atoms with E-state index in [1.165, 1.54) is 25.3 Å². The molecule has 2 fully saturated rings. The smallest absolute Gasteiger partial charge is 0.188 e. The van der Waals surface area contributed by atoms with Crippen molar-refractivity contribution in [1.82, 2.24) is 5.32 Å². The van der Waals surface area contributed by atoms with E-state index in [1.54, 1.807) is 6.07 Å². The van der Waals surface area contributed by atoms with Crippen molar-refractivity contribution in [2.24, 2.45) is 16.6 Å². The van der Waals surface area contributed by atoms with E-state index in [9.17, 15) is 4.39 Å². The van der Waals surface area contributed by atoms with Gasteiger partial charge < -0.3 is 11.1 Å². The second kappa shape index (κ2) is 7.42. The van der Waals surface area contributed by atoms with Crippen LogP contribution in [0.1, 0.15) is 43.6 Å². The van der Waals surface area contributed by atoms with Crippen LogP contribution in [-0.4, -0.2) is 18.5 Å². The van der Waals surface area contributed by atoms with Crippen molar-refractivity contribution in [2.75, 3.05) is 6.54 Å². The topological polar surface area (TPSA) is 50.4 Å². The Balaban J connectivity index is 0.00000161. The molecule has 5 heteroatoms. The summed E-state index contributed by atoms with van der Waals surface area (Å²) in [5, 5.41) is 3.24. The van der Waals surface area contributed by atoms with E-state index >= 15 is 0 Å². The zero-order valence-electron chi connectivity index (χ0n) is 12.1. The van der Waals surface area contributed by atoms with Crippen LogP contribution in [0, 0.1) is 11.7 Å². The van der Waals surface area contributed by atoms with E-state index in [4.69, 9.17) is 5.73 Å². The van der Waals surface area contributed by atoms with Crippen molar-refractivity contribution in [3.05, 3.63) is 35.6 Å². The zero-order chi connectivity index (χ0) is 13.9. The molecule has 2 aliphatic rings. The molecular weight excluding hydrogens is 380 g/mol. The second-order valence-corrected chi connectivity index (χ2v) is 6.05. The number of nitrogens with one attached hydrogen (secondary N) is 1. The molecule has 0 atom stereocenters. The molecule has 1 aromatic carbocycles. The van der Waals surface area contributed by atoms with Crippen LogP contribution >= 0.6 is 24.0 Å². The van der Waals surface area contributed by atoms with Gasteiger partial charge in [0, 0.05) is 12.6 Å². The molecule has 0 bridgehead atoms. The van der Waals surface area contributed by atoms with Gasteiger partial charge in [0.05, 0.1) is 0 Å². The summed E-state index contributed by atoms with van der Waals surface area (Å²) in [4.78, 5) is 4.39. The highest BCUT2D eigenvalue weighted by atomic mass is 127. The second-order valence-electron chi connectivity index (χ2n) is 6.05. The van der Waals surface area contributed by atoms with Crippen LogP contribution in [0.3, 0.4) is 0 Å². The number of nitrogens with two attached hydrogens (primary N) is 1. The Labute approximate surface area is 142 Å². The van der Waals surface area contributed by atoms with Crippen LogP contribution in [0.2, 0.25) is 0 Å². The fourth-order valence-electron chi connectivity index (χ4n) is 2.95. The molecule has 0 spiro atoms. The third-order valence-electron chi connectivity index (χ3n) is 4.58. The van der Waals surface area contributed by atoms with Crippen LogP contribution in [0.25, 0.3) is 0 Å². The first-order valence-electron chi connectivity index (χ1n) is 7.53. The zero-order valence-corrected chi connectivity index (χ0v) is 14.4. The average Bonchev–Trinajstić information content (AvgIpc) is 2.33. The maximum atomic E-state index is 13.6. The van der Waals surface area contributed by atoms with Gasteiger partial charge in [-0.3, -0.25) is 4.99 Å². The normalized spacial score (nSPS) is 25.5. The Bertz CT molecular complexity index is 496. The van der Waals surface area contributed by atoms with Crippen molar-refractivity contribution in [3.63, 3.8) is 0 Å². The summed E-state index contributed by atoms with van der Waals surface area (Å²) in [6.07, 6.45) is 5.77. The highest BCUT2D eigenvalue weighted by Crippen LogP contribution is 2.37. The van der Waals surface area contributed by atoms with Gasteiger partial charge in [-0.05, 0) is 49.1 Å². The number of aliphatic imine (C=N–C) groups is 1. The highest BCUT2D eigenvalue weighted by Gasteiger charge is 2.32. The summed E-state index contributed by atoms with van der Waals surface area (Å²) >= 11 is 0. The third kappa shape index (κ3) is 4.08. The predicted molar refractivity (Wildman–Crippen MR) is 94.5 cm³/mol. The first-order valence-corrected chi connectivity index (χ1v) is 7.53. The van der Waals surface area contributed by atoms with E-state index in [1.807, 2.05) is 12.1 Å². The minimum absolute atomic E-state index is 0. The lowest BCUT2D eigenvalue weighted by atomic mass is 9.76. The number of rotatable bonds is 4. The van der Waals surface area contributed by atoms with Gasteiger partial charge in [0.1, 0.15) is 5.82 Å². The Morgan fingerprint density at radius 2 is 2.00 bits per heavy atom. The van der Waals surface area contributed by atoms with Crippen LogP contribution in [0.4, 0.5) is 4.39 Å². The van der Waals surface area contributed by atoms with E-state index in [0.717, 1.165) is 30.9 Å². The van der Waals surface area contributed by atoms with Crippen LogP contribution in [0.15, 0.2) is 29.3 Å². The molecule has 116 valence electrons. The maximum absolute atomic E-state index is 13.6. The van der Waals surface area contributed by atoms with E-state index < -0.39 is 0 Å². The van der Waals surface area contributed by atoms with Crippen LogP contribution in [-0.2, 0) is 0 Å². The molecule has 2 aliphatic carbocycles. The summed E-state index contributed by atoms with van der Waals surface area (Å²) < 4.78 is 13.6. The van der Waals surface area contributed by atoms with Gasteiger partial charge >= 0.3 is 0 Å². The Kier molecular flexibility index (Phi) is 5.84. The van der Waals surface area contributed by atoms with Gasteiger partial charge in [-0.15, -0.1) is 24.0 Å². The SMILES string of the molecule is I.NC(=NCC1CCC1)NC1CC(c2ccccc2F)C1. The molecule has 0 aromatic heterocycles. The molecule has 0 saturated heterocycles. The van der Waals surface area contributed by atoms with Gasteiger partial charge in [0.15, 0.2) is 5.96 Å². The number of hydrogen-bond acceptors (Lipinski definition) is 1. The minimum Gasteiger partial charge on any atom is -0.370 e. The largest absolute Gasteiger partial charge is 0.370 e. The number of benzene rings is 1. The summed E-state index contributed by atoms with van der Waals surface area (Å²) in [7, 11) is 0. The molecule has 21 heavy (non-hydrogen) atoms. The summed E-state index contributed by atoms with van der Waals surface area (Å²) in [6.45, 7) is 0.849. The lowest BCUT2D eigenvalue weighted by molar-refractivity contribution is 0.312. The van der Waals surface area contributed by atoms with E-state index in [0.29, 0.717) is 17.9 Å². The fraction of sp³-hybridized carbons (Fsp3) is 0.562. The van der Waals surface area contributed by atoms with Crippen LogP contribution in [0.5, 0.6) is 0 Å². The molecule has 1 aromatic rings. The molecule has 3 nitrogen and oxygen atoms in total. The molecule has 2 saturated carbocycles. The molecule has 0 aliphatic heterocycles. The Hall–Kier alpha value is -0.850. The van der Waals surface area contributed by atoms with E-state index in [2.05, 4.69) is 10.3 Å². The Morgan fingerprint density at radius 1 is 1.29 bits per heavy atom. The summed E-state index contributed by atoms with van der Waals surface area (Å²) in [5.41, 5.74) is 6.72. The molecule has 0 heterocycles. The first kappa shape index (κ1) is 16.5. The molecule has 0 unspecified atom stereocenters. The van der Waals surface area contributed by atoms with Crippen LogP contribution < -0.4 is 11.1 Å². The standard InChI is InChI=1S/C16H22FN3.HI/c17-15-7-2-1-6-14(15)12-8-13(9-12)20-16(18)19-10-11-4-3-5-11;/h1-2,6-7,11-13H,3-5,8-10H2,(H3,18,19,20);1H. The number of guanidine groups is 1. The number of hydrogen-bond donors (Lipinski definition) is 2. The molecular formula is C16H23FIN3. The fourth-order valence-corrected chi connectivity index (χ4v) is 2.95. The van der Waals surface area contributed by atoms with Gasteiger partial charge in [0.25, 0.3) is 0 Å². The lowest BCUT2D eigenvalue weighted by Gasteiger charge is -2.36. The maximum Gasteiger partial charge on any atom is 0.188 e. The van der Waals surface area contributed by atoms with E-state index in [-0.39, 0.29) is 29.8 Å². The molecule has 3 N–H and O–H groups in total. The quantitative estimate of drug-likeness (QED) is 0.460. The van der Waals surface area contributed by atoms with Crippen molar-refractivity contribution >= 4 is 29.9 Å².